The Balaban J connectivity index is 1.18. The molecule has 1 N–H and O–H groups in total. The molecule has 1 fully saturated rings. The Hall–Kier alpha value is -4.24. The fraction of sp³-hybridized carbons (Fsp3) is 0.258. The molecule has 0 saturated carbocycles. The summed E-state index contributed by atoms with van der Waals surface area (Å²) in [5.74, 6) is 0.789. The van der Waals surface area contributed by atoms with E-state index in [-0.39, 0.29) is 11.7 Å². The van der Waals surface area contributed by atoms with E-state index in [1.807, 2.05) is 49.1 Å². The van der Waals surface area contributed by atoms with Crippen molar-refractivity contribution >= 4 is 21.6 Å². The summed E-state index contributed by atoms with van der Waals surface area (Å²) in [6.07, 6.45) is 5.12. The van der Waals surface area contributed by atoms with Crippen LogP contribution in [0.5, 0.6) is 11.8 Å². The standard InChI is InChI=1S/C31H32N4O4S/c1-22-19-32-31(33-20-22)39-28-12-10-25(11-13-28)26-14-16-35(17-15-26)30(36)27-9-8-23(2)29(18-27)34-40(37,38)21-24-6-4-3-5-7-24/h3-13,18-20,26,34H,14-17,21H2,1-2H3. The maximum Gasteiger partial charge on any atom is 0.321 e. The Morgan fingerprint density at radius 2 is 1.62 bits per heavy atom. The molecule has 1 saturated heterocycles. The number of aromatic nitrogens is 2. The number of benzene rings is 3. The topological polar surface area (TPSA) is 101 Å². The quantitative estimate of drug-likeness (QED) is 0.292. The molecule has 0 unspecified atom stereocenters. The Morgan fingerprint density at radius 1 is 0.950 bits per heavy atom. The monoisotopic (exact) mass is 556 g/mol. The second-order valence-corrected chi connectivity index (χ2v) is 11.9. The van der Waals surface area contributed by atoms with E-state index < -0.39 is 10.0 Å². The third-order valence-electron chi connectivity index (χ3n) is 7.05. The number of rotatable bonds is 8. The van der Waals surface area contributed by atoms with E-state index in [9.17, 15) is 13.2 Å². The molecular formula is C31H32N4O4S. The number of aryl methyl sites for hydroxylation is 2. The number of ether oxygens (including phenoxy) is 1. The fourth-order valence-electron chi connectivity index (χ4n) is 4.81. The average molecular weight is 557 g/mol. The SMILES string of the molecule is Cc1cnc(Oc2ccc(C3CCN(C(=O)c4ccc(C)c(NS(=O)(=O)Cc5ccccc5)c4)CC3)cc2)nc1. The normalized spacial score (nSPS) is 14.1. The van der Waals surface area contributed by atoms with Gasteiger partial charge < -0.3 is 9.64 Å². The van der Waals surface area contributed by atoms with Gasteiger partial charge in [0, 0.05) is 31.0 Å². The third kappa shape index (κ3) is 6.84. The van der Waals surface area contributed by atoms with Crippen LogP contribution >= 0.6 is 0 Å². The molecule has 1 aliphatic heterocycles. The van der Waals surface area contributed by atoms with Crippen molar-refractivity contribution in [2.75, 3.05) is 17.8 Å². The van der Waals surface area contributed by atoms with Crippen LogP contribution in [0.15, 0.2) is 85.2 Å². The number of hydrogen-bond donors (Lipinski definition) is 1. The summed E-state index contributed by atoms with van der Waals surface area (Å²) in [5, 5.41) is 0. The van der Waals surface area contributed by atoms with Crippen LogP contribution < -0.4 is 9.46 Å². The number of likely N-dealkylation sites (tertiary alicyclic amines) is 1. The number of hydrogen-bond acceptors (Lipinski definition) is 6. The second kappa shape index (κ2) is 11.9. The number of piperidine rings is 1. The van der Waals surface area contributed by atoms with E-state index in [2.05, 4.69) is 26.8 Å². The van der Waals surface area contributed by atoms with Crippen LogP contribution in [-0.2, 0) is 15.8 Å². The molecule has 0 spiro atoms. The van der Waals surface area contributed by atoms with Gasteiger partial charge in [-0.15, -0.1) is 0 Å². The van der Waals surface area contributed by atoms with E-state index >= 15 is 0 Å². The van der Waals surface area contributed by atoms with Crippen LogP contribution in [0, 0.1) is 13.8 Å². The van der Waals surface area contributed by atoms with Crippen molar-refractivity contribution in [2.45, 2.75) is 38.4 Å². The lowest BCUT2D eigenvalue weighted by atomic mass is 9.89. The highest BCUT2D eigenvalue weighted by Crippen LogP contribution is 2.31. The number of nitrogens with one attached hydrogen (secondary N) is 1. The molecule has 9 heteroatoms. The molecular weight excluding hydrogens is 524 g/mol. The zero-order chi connectivity index (χ0) is 28.1. The van der Waals surface area contributed by atoms with Crippen molar-refractivity contribution in [1.29, 1.82) is 0 Å². The first-order valence-corrected chi connectivity index (χ1v) is 14.9. The van der Waals surface area contributed by atoms with Crippen molar-refractivity contribution in [2.24, 2.45) is 0 Å². The lowest BCUT2D eigenvalue weighted by Gasteiger charge is -2.32. The number of anilines is 1. The molecule has 0 atom stereocenters. The van der Waals surface area contributed by atoms with Gasteiger partial charge in [0.15, 0.2) is 0 Å². The number of carbonyl (C=O) groups is 1. The third-order valence-corrected chi connectivity index (χ3v) is 8.29. The molecule has 3 aromatic carbocycles. The van der Waals surface area contributed by atoms with Gasteiger partial charge in [-0.25, -0.2) is 18.4 Å². The van der Waals surface area contributed by atoms with E-state index in [1.54, 1.807) is 42.7 Å². The highest BCUT2D eigenvalue weighted by molar-refractivity contribution is 7.91. The molecule has 0 bridgehead atoms. The van der Waals surface area contributed by atoms with Gasteiger partial charge in [-0.1, -0.05) is 48.5 Å². The van der Waals surface area contributed by atoms with Crippen LogP contribution in [-0.4, -0.2) is 42.3 Å². The predicted octanol–water partition coefficient (Wildman–Crippen LogP) is 5.85. The molecule has 1 amide bonds. The number of sulfonamides is 1. The highest BCUT2D eigenvalue weighted by Gasteiger charge is 2.25. The second-order valence-electron chi connectivity index (χ2n) is 10.2. The number of carbonyl (C=O) groups excluding carboxylic acids is 1. The van der Waals surface area contributed by atoms with Gasteiger partial charge in [0.2, 0.25) is 10.0 Å². The Morgan fingerprint density at radius 3 is 2.30 bits per heavy atom. The van der Waals surface area contributed by atoms with Crippen molar-refractivity contribution in [3.05, 3.63) is 113 Å². The minimum atomic E-state index is -3.63. The summed E-state index contributed by atoms with van der Waals surface area (Å²) in [6, 6.07) is 22.5. The van der Waals surface area contributed by atoms with Crippen LogP contribution in [0.2, 0.25) is 0 Å². The fourth-order valence-corrected chi connectivity index (χ4v) is 6.07. The Kier molecular flexibility index (Phi) is 8.11. The summed E-state index contributed by atoms with van der Waals surface area (Å²) in [4.78, 5) is 23.5. The molecule has 1 aromatic heterocycles. The molecule has 8 nitrogen and oxygen atoms in total. The predicted molar refractivity (Wildman–Crippen MR) is 155 cm³/mol. The van der Waals surface area contributed by atoms with Gasteiger partial charge in [-0.3, -0.25) is 9.52 Å². The van der Waals surface area contributed by atoms with Crippen molar-refractivity contribution in [1.82, 2.24) is 14.9 Å². The molecule has 206 valence electrons. The maximum absolute atomic E-state index is 13.3. The van der Waals surface area contributed by atoms with E-state index in [1.165, 1.54) is 5.56 Å². The van der Waals surface area contributed by atoms with Crippen molar-refractivity contribution in [3.8, 4) is 11.8 Å². The molecule has 0 radical (unpaired) electrons. The highest BCUT2D eigenvalue weighted by atomic mass is 32.2. The maximum atomic E-state index is 13.3. The number of amides is 1. The first kappa shape index (κ1) is 27.3. The smallest absolute Gasteiger partial charge is 0.321 e. The van der Waals surface area contributed by atoms with E-state index in [0.717, 1.165) is 24.0 Å². The van der Waals surface area contributed by atoms with E-state index in [4.69, 9.17) is 4.74 Å². The Bertz CT molecular complexity index is 1570. The van der Waals surface area contributed by atoms with Crippen molar-refractivity contribution < 1.29 is 17.9 Å². The molecule has 4 aromatic rings. The summed E-state index contributed by atoms with van der Waals surface area (Å²) in [6.45, 7) is 5.00. The van der Waals surface area contributed by atoms with Gasteiger partial charge in [-0.2, -0.15) is 0 Å². The summed E-state index contributed by atoms with van der Waals surface area (Å²) in [5.41, 5.74) is 4.53. The van der Waals surface area contributed by atoms with Crippen LogP contribution in [0.25, 0.3) is 0 Å². The van der Waals surface area contributed by atoms with Gasteiger partial charge in [-0.05, 0) is 79.1 Å². The molecule has 5 rings (SSSR count). The van der Waals surface area contributed by atoms with Crippen LogP contribution in [0.1, 0.15) is 51.4 Å². The summed E-state index contributed by atoms with van der Waals surface area (Å²) >= 11 is 0. The molecule has 40 heavy (non-hydrogen) atoms. The van der Waals surface area contributed by atoms with Crippen LogP contribution in [0.4, 0.5) is 5.69 Å². The molecule has 1 aliphatic rings. The first-order valence-electron chi connectivity index (χ1n) is 13.3. The lowest BCUT2D eigenvalue weighted by Crippen LogP contribution is -2.38. The van der Waals surface area contributed by atoms with Gasteiger partial charge >= 0.3 is 6.01 Å². The Labute approximate surface area is 235 Å². The largest absolute Gasteiger partial charge is 0.424 e. The zero-order valence-corrected chi connectivity index (χ0v) is 23.4. The minimum absolute atomic E-state index is 0.0937. The first-order chi connectivity index (χ1) is 19.3. The van der Waals surface area contributed by atoms with Gasteiger partial charge in [0.1, 0.15) is 5.75 Å². The summed E-state index contributed by atoms with van der Waals surface area (Å²) < 4.78 is 34.0. The minimum Gasteiger partial charge on any atom is -0.424 e. The molecule has 2 heterocycles. The van der Waals surface area contributed by atoms with Gasteiger partial charge in [0.25, 0.3) is 5.91 Å². The zero-order valence-electron chi connectivity index (χ0n) is 22.6. The lowest BCUT2D eigenvalue weighted by molar-refractivity contribution is 0.0713. The molecule has 0 aliphatic carbocycles. The van der Waals surface area contributed by atoms with E-state index in [0.29, 0.717) is 47.6 Å². The number of nitrogens with zero attached hydrogens (tertiary/aromatic N) is 3. The van der Waals surface area contributed by atoms with Crippen molar-refractivity contribution in [3.63, 3.8) is 0 Å². The van der Waals surface area contributed by atoms with Crippen LogP contribution in [0.3, 0.4) is 0 Å². The average Bonchev–Trinajstić information content (AvgIpc) is 2.96. The summed E-state index contributed by atoms with van der Waals surface area (Å²) in [7, 11) is -3.63. The van der Waals surface area contributed by atoms with Gasteiger partial charge in [0.05, 0.1) is 11.4 Å².